The van der Waals surface area contributed by atoms with E-state index in [1.54, 1.807) is 20.2 Å². The molecule has 222 valence electrons. The van der Waals surface area contributed by atoms with Crippen molar-refractivity contribution >= 4 is 31.5 Å². The summed E-state index contributed by atoms with van der Waals surface area (Å²) >= 11 is 1.87. The Labute approximate surface area is 247 Å². The second-order valence-corrected chi connectivity index (χ2v) is 12.6. The molecular formula is C26H45IN5O6P. The Hall–Kier alpha value is -0.910. The fourth-order valence-corrected chi connectivity index (χ4v) is 6.89. The molecule has 3 rings (SSSR count). The van der Waals surface area contributed by atoms with Gasteiger partial charge in [-0.25, -0.2) is 9.46 Å². The van der Waals surface area contributed by atoms with E-state index in [9.17, 15) is 9.59 Å². The first-order valence-electron chi connectivity index (χ1n) is 13.7. The maximum Gasteiger partial charge on any atom is 0.330 e. The van der Waals surface area contributed by atoms with Crippen LogP contribution in [0, 0.1) is 18.3 Å². The number of nitrogens with zero attached hydrogens (tertiary/aromatic N) is 4. The summed E-state index contributed by atoms with van der Waals surface area (Å²) < 4.78 is 25.9. The Kier molecular flexibility index (Phi) is 15.7. The van der Waals surface area contributed by atoms with Crippen LogP contribution in [0.4, 0.5) is 0 Å². The Morgan fingerprint density at radius 2 is 1.87 bits per heavy atom. The third-order valence-corrected chi connectivity index (χ3v) is 9.17. The van der Waals surface area contributed by atoms with Crippen LogP contribution in [-0.2, 0) is 16.9 Å². The van der Waals surface area contributed by atoms with Gasteiger partial charge >= 0.3 is 5.69 Å². The van der Waals surface area contributed by atoms with Crippen LogP contribution in [0.1, 0.15) is 78.0 Å². The number of hydrogen-bond acceptors (Lipinski definition) is 9. The van der Waals surface area contributed by atoms with Crippen LogP contribution in [0.5, 0.6) is 0 Å². The molecule has 0 spiro atoms. The smallest absolute Gasteiger partial charge is 0.330 e. The largest absolute Gasteiger partial charge is 0.349 e. The van der Waals surface area contributed by atoms with Gasteiger partial charge in [-0.05, 0) is 47.5 Å². The van der Waals surface area contributed by atoms with Gasteiger partial charge < -0.3 is 16.9 Å². The van der Waals surface area contributed by atoms with Gasteiger partial charge in [0.25, 0.3) is 14.1 Å². The van der Waals surface area contributed by atoms with Gasteiger partial charge in [0.05, 0.1) is 31.8 Å². The number of ether oxygens (including phenoxy) is 1. The first-order chi connectivity index (χ1) is 18.6. The minimum Gasteiger partial charge on any atom is -0.349 e. The number of aromatic nitrogens is 2. The standard InChI is InChI=1S/C16H24IN3O4.C10H21N2O2P/c1-11-7-20(16(22)18-15(11)21)14-9-19(8-13(24-14)10-23-17)12-5-3-2-4-6-12;1-9(2)12(10(3)4)15(13-5)14-8-6-7-11/h7,12-14H,2-6,8-10H2,1H3,(H,18,21,22);9-10H,6,8H2,1-5H3. The zero-order chi connectivity index (χ0) is 28.9. The molecule has 2 aliphatic rings. The van der Waals surface area contributed by atoms with E-state index >= 15 is 0 Å². The number of nitrogens with one attached hydrogen (secondary N) is 1. The summed E-state index contributed by atoms with van der Waals surface area (Å²) in [7, 11) is 0.618. The summed E-state index contributed by atoms with van der Waals surface area (Å²) in [6.07, 6.45) is 7.75. The topological polar surface area (TPSA) is 122 Å². The molecule has 3 atom stereocenters. The summed E-state index contributed by atoms with van der Waals surface area (Å²) in [6, 6.07) is 3.35. The van der Waals surface area contributed by atoms with E-state index in [1.165, 1.54) is 36.7 Å². The van der Waals surface area contributed by atoms with Crippen LogP contribution in [0.3, 0.4) is 0 Å². The van der Waals surface area contributed by atoms with E-state index in [0.29, 0.717) is 49.9 Å². The lowest BCUT2D eigenvalue weighted by Gasteiger charge is -2.43. The van der Waals surface area contributed by atoms with Crippen molar-refractivity contribution in [1.82, 2.24) is 19.1 Å². The van der Waals surface area contributed by atoms with Crippen molar-refractivity contribution in [2.75, 3.05) is 33.4 Å². The van der Waals surface area contributed by atoms with Gasteiger partial charge in [-0.15, -0.1) is 0 Å². The summed E-state index contributed by atoms with van der Waals surface area (Å²) in [5, 5.41) is 8.43. The molecule has 11 nitrogen and oxygen atoms in total. The number of nitriles is 1. The highest BCUT2D eigenvalue weighted by atomic mass is 127. The highest BCUT2D eigenvalue weighted by molar-refractivity contribution is 14.1. The van der Waals surface area contributed by atoms with E-state index in [1.807, 2.05) is 23.0 Å². The van der Waals surface area contributed by atoms with E-state index in [2.05, 4.69) is 48.3 Å². The third-order valence-electron chi connectivity index (χ3n) is 6.79. The second-order valence-electron chi connectivity index (χ2n) is 10.4. The minimum absolute atomic E-state index is 0.0817. The molecule has 2 fully saturated rings. The molecule has 1 aliphatic heterocycles. The fourth-order valence-electron chi connectivity index (χ4n) is 5.06. The highest BCUT2D eigenvalue weighted by Gasteiger charge is 2.34. The summed E-state index contributed by atoms with van der Waals surface area (Å²) in [5.41, 5.74) is -0.256. The Balaban J connectivity index is 0.000000309. The van der Waals surface area contributed by atoms with Gasteiger partial charge in [0.2, 0.25) is 0 Å². The van der Waals surface area contributed by atoms with Crippen molar-refractivity contribution in [2.45, 2.75) is 104 Å². The van der Waals surface area contributed by atoms with Crippen molar-refractivity contribution < 1.29 is 16.9 Å². The normalized spacial score (nSPS) is 21.6. The molecule has 1 saturated heterocycles. The lowest BCUT2D eigenvalue weighted by Crippen LogP contribution is -2.53. The van der Waals surface area contributed by atoms with Gasteiger partial charge in [0.15, 0.2) is 6.23 Å². The molecule has 1 aliphatic carbocycles. The molecule has 1 aromatic heterocycles. The zero-order valence-electron chi connectivity index (χ0n) is 24.1. The van der Waals surface area contributed by atoms with Gasteiger partial charge in [0.1, 0.15) is 23.0 Å². The maximum absolute atomic E-state index is 12.2. The monoisotopic (exact) mass is 681 g/mol. The fraction of sp³-hybridized carbons (Fsp3) is 0.808. The quantitative estimate of drug-likeness (QED) is 0.202. The van der Waals surface area contributed by atoms with Gasteiger partial charge in [-0.2, -0.15) is 5.26 Å². The number of aryl methyl sites for hydroxylation is 1. The van der Waals surface area contributed by atoms with Crippen molar-refractivity contribution in [1.29, 1.82) is 5.26 Å². The van der Waals surface area contributed by atoms with Crippen molar-refractivity contribution in [2.24, 2.45) is 0 Å². The predicted molar refractivity (Wildman–Crippen MR) is 161 cm³/mol. The molecule has 1 aromatic rings. The third kappa shape index (κ3) is 10.8. The lowest BCUT2D eigenvalue weighted by molar-refractivity contribution is -0.141. The predicted octanol–water partition coefficient (Wildman–Crippen LogP) is 4.65. The van der Waals surface area contributed by atoms with Gasteiger partial charge in [0, 0.05) is 50.1 Å². The Morgan fingerprint density at radius 3 is 2.44 bits per heavy atom. The Bertz CT molecular complexity index is 1000. The molecule has 39 heavy (non-hydrogen) atoms. The van der Waals surface area contributed by atoms with E-state index in [0.717, 1.165) is 6.54 Å². The van der Waals surface area contributed by atoms with E-state index in [-0.39, 0.29) is 11.7 Å². The average Bonchev–Trinajstić information content (AvgIpc) is 2.90. The number of hydrogen-bond donors (Lipinski definition) is 1. The van der Waals surface area contributed by atoms with Gasteiger partial charge in [-0.3, -0.25) is 19.2 Å². The van der Waals surface area contributed by atoms with Crippen LogP contribution in [-0.4, -0.2) is 76.8 Å². The van der Waals surface area contributed by atoms with Crippen molar-refractivity contribution in [3.63, 3.8) is 0 Å². The van der Waals surface area contributed by atoms with Gasteiger partial charge in [-0.1, -0.05) is 19.3 Å². The van der Waals surface area contributed by atoms with Crippen LogP contribution >= 0.6 is 31.5 Å². The van der Waals surface area contributed by atoms with Crippen LogP contribution in [0.15, 0.2) is 15.8 Å². The molecule has 13 heteroatoms. The second kappa shape index (κ2) is 17.8. The zero-order valence-corrected chi connectivity index (χ0v) is 27.2. The minimum atomic E-state index is -1.03. The van der Waals surface area contributed by atoms with Crippen LogP contribution < -0.4 is 11.2 Å². The number of aromatic amines is 1. The first kappa shape index (κ1) is 34.3. The molecule has 0 aromatic carbocycles. The number of H-pyrrole nitrogens is 1. The summed E-state index contributed by atoms with van der Waals surface area (Å²) in [5.74, 6) is 0. The lowest BCUT2D eigenvalue weighted by atomic mass is 9.93. The molecule has 0 radical (unpaired) electrons. The van der Waals surface area contributed by atoms with Crippen LogP contribution in [0.2, 0.25) is 0 Å². The van der Waals surface area contributed by atoms with Crippen molar-refractivity contribution in [3.05, 3.63) is 32.6 Å². The Morgan fingerprint density at radius 1 is 1.21 bits per heavy atom. The maximum atomic E-state index is 12.2. The summed E-state index contributed by atoms with van der Waals surface area (Å²) in [4.78, 5) is 28.6. The van der Waals surface area contributed by atoms with Crippen molar-refractivity contribution in [3.8, 4) is 6.07 Å². The number of halogens is 1. The van der Waals surface area contributed by atoms with Crippen LogP contribution in [0.25, 0.3) is 0 Å². The average molecular weight is 682 g/mol. The molecule has 3 unspecified atom stereocenters. The molecule has 1 N–H and O–H groups in total. The first-order valence-corrected chi connectivity index (χ1v) is 15.7. The number of rotatable bonds is 11. The molecular weight excluding hydrogens is 636 g/mol. The molecule has 0 amide bonds. The molecule has 0 bridgehead atoms. The summed E-state index contributed by atoms with van der Waals surface area (Å²) in [6.45, 7) is 12.5. The van der Waals surface area contributed by atoms with E-state index in [4.69, 9.17) is 22.1 Å². The highest BCUT2D eigenvalue weighted by Crippen LogP contribution is 2.44. The SMILES string of the molecule is COP(OCCC#N)N(C(C)C)C(C)C.Cc1cn(C2CN(C3CCCCC3)CC(COI)O2)c(=O)[nH]c1=O. The molecule has 2 heterocycles. The number of morpholine rings is 1. The molecule has 1 saturated carbocycles. The van der Waals surface area contributed by atoms with E-state index < -0.39 is 20.4 Å².